The summed E-state index contributed by atoms with van der Waals surface area (Å²) in [5.74, 6) is 1.37. The monoisotopic (exact) mass is 209 g/mol. The van der Waals surface area contributed by atoms with Gasteiger partial charge in [-0.1, -0.05) is 0 Å². The molecule has 0 aromatic carbocycles. The fourth-order valence-corrected chi connectivity index (χ4v) is 1.98. The van der Waals surface area contributed by atoms with E-state index < -0.39 is 0 Å². The number of nitrogens with two attached hydrogens (primary N) is 1. The standard InChI is InChI=1S/C11H19N3O/c12-5-1-4-11-14-10(8-15-11)9-3-2-6-13-7-9/h8-9,13H,1-7,12H2. The zero-order valence-corrected chi connectivity index (χ0v) is 9.04. The van der Waals surface area contributed by atoms with Crippen LogP contribution in [0.15, 0.2) is 10.7 Å². The molecule has 1 unspecified atom stereocenters. The van der Waals surface area contributed by atoms with Crippen LogP contribution >= 0.6 is 0 Å². The molecule has 1 fully saturated rings. The van der Waals surface area contributed by atoms with Crippen LogP contribution in [0.1, 0.15) is 36.8 Å². The molecule has 0 radical (unpaired) electrons. The van der Waals surface area contributed by atoms with Crippen molar-refractivity contribution in [2.45, 2.75) is 31.6 Å². The number of oxazole rings is 1. The molecular formula is C11H19N3O. The molecule has 0 amide bonds. The molecule has 1 atom stereocenters. The van der Waals surface area contributed by atoms with Crippen molar-refractivity contribution < 1.29 is 4.42 Å². The van der Waals surface area contributed by atoms with Gasteiger partial charge in [0.1, 0.15) is 6.26 Å². The van der Waals surface area contributed by atoms with E-state index in [1.807, 2.05) is 6.26 Å². The van der Waals surface area contributed by atoms with E-state index in [0.717, 1.165) is 37.5 Å². The second kappa shape index (κ2) is 5.28. The first-order valence-electron chi connectivity index (χ1n) is 5.75. The number of piperidine rings is 1. The van der Waals surface area contributed by atoms with E-state index in [9.17, 15) is 0 Å². The van der Waals surface area contributed by atoms with Crippen molar-refractivity contribution in [3.8, 4) is 0 Å². The maximum atomic E-state index is 5.45. The molecule has 1 saturated heterocycles. The van der Waals surface area contributed by atoms with Gasteiger partial charge in [0.2, 0.25) is 0 Å². The topological polar surface area (TPSA) is 64.1 Å². The summed E-state index contributed by atoms with van der Waals surface area (Å²) < 4.78 is 5.43. The van der Waals surface area contributed by atoms with Gasteiger partial charge in [0.15, 0.2) is 5.89 Å². The van der Waals surface area contributed by atoms with Crippen molar-refractivity contribution >= 4 is 0 Å². The Hall–Kier alpha value is -0.870. The molecular weight excluding hydrogens is 190 g/mol. The number of nitrogens with one attached hydrogen (secondary N) is 1. The van der Waals surface area contributed by atoms with Gasteiger partial charge < -0.3 is 15.5 Å². The number of aryl methyl sites for hydroxylation is 1. The summed E-state index contributed by atoms with van der Waals surface area (Å²) >= 11 is 0. The van der Waals surface area contributed by atoms with Gasteiger partial charge >= 0.3 is 0 Å². The Balaban J connectivity index is 1.93. The molecule has 4 nitrogen and oxygen atoms in total. The SMILES string of the molecule is NCCCc1nc(C2CCCNC2)co1. The van der Waals surface area contributed by atoms with Gasteiger partial charge in [0.25, 0.3) is 0 Å². The maximum absolute atomic E-state index is 5.45. The Labute approximate surface area is 90.2 Å². The van der Waals surface area contributed by atoms with Crippen molar-refractivity contribution in [1.82, 2.24) is 10.3 Å². The average Bonchev–Trinajstić information content (AvgIpc) is 2.76. The van der Waals surface area contributed by atoms with E-state index in [1.165, 1.54) is 12.8 Å². The van der Waals surface area contributed by atoms with Crippen molar-refractivity contribution in [2.24, 2.45) is 5.73 Å². The Morgan fingerprint density at radius 1 is 1.60 bits per heavy atom. The van der Waals surface area contributed by atoms with Gasteiger partial charge in [-0.3, -0.25) is 0 Å². The van der Waals surface area contributed by atoms with Crippen LogP contribution in [0.25, 0.3) is 0 Å². The third-order valence-corrected chi connectivity index (χ3v) is 2.88. The molecule has 1 aliphatic rings. The lowest BCUT2D eigenvalue weighted by Gasteiger charge is -2.20. The van der Waals surface area contributed by atoms with Gasteiger partial charge in [0.05, 0.1) is 5.69 Å². The molecule has 84 valence electrons. The maximum Gasteiger partial charge on any atom is 0.194 e. The average molecular weight is 209 g/mol. The van der Waals surface area contributed by atoms with Crippen LogP contribution in [0.4, 0.5) is 0 Å². The van der Waals surface area contributed by atoms with Crippen LogP contribution < -0.4 is 11.1 Å². The van der Waals surface area contributed by atoms with E-state index >= 15 is 0 Å². The summed E-state index contributed by atoms with van der Waals surface area (Å²) in [5, 5.41) is 3.38. The summed E-state index contributed by atoms with van der Waals surface area (Å²) in [4.78, 5) is 4.51. The van der Waals surface area contributed by atoms with Gasteiger partial charge in [-0.25, -0.2) is 4.98 Å². The van der Waals surface area contributed by atoms with E-state index in [2.05, 4.69) is 10.3 Å². The van der Waals surface area contributed by atoms with E-state index in [-0.39, 0.29) is 0 Å². The van der Waals surface area contributed by atoms with Crippen LogP contribution in [0.3, 0.4) is 0 Å². The Morgan fingerprint density at radius 3 is 3.27 bits per heavy atom. The highest BCUT2D eigenvalue weighted by Crippen LogP contribution is 2.22. The Morgan fingerprint density at radius 2 is 2.53 bits per heavy atom. The van der Waals surface area contributed by atoms with Crippen molar-refractivity contribution in [2.75, 3.05) is 19.6 Å². The van der Waals surface area contributed by atoms with Gasteiger partial charge in [-0.2, -0.15) is 0 Å². The minimum absolute atomic E-state index is 0.536. The molecule has 2 heterocycles. The lowest BCUT2D eigenvalue weighted by atomic mass is 9.97. The third kappa shape index (κ3) is 2.79. The van der Waals surface area contributed by atoms with Gasteiger partial charge in [0, 0.05) is 18.9 Å². The van der Waals surface area contributed by atoms with Crippen molar-refractivity contribution in [3.05, 3.63) is 17.8 Å². The first kappa shape index (κ1) is 10.6. The van der Waals surface area contributed by atoms with E-state index in [1.54, 1.807) is 0 Å². The van der Waals surface area contributed by atoms with Crippen molar-refractivity contribution in [1.29, 1.82) is 0 Å². The Bertz CT molecular complexity index is 292. The molecule has 4 heteroatoms. The van der Waals surface area contributed by atoms with E-state index in [0.29, 0.717) is 12.5 Å². The zero-order chi connectivity index (χ0) is 10.5. The number of aromatic nitrogens is 1. The smallest absolute Gasteiger partial charge is 0.194 e. The van der Waals surface area contributed by atoms with Gasteiger partial charge in [-0.05, 0) is 32.4 Å². The molecule has 0 aliphatic carbocycles. The number of hydrogen-bond donors (Lipinski definition) is 2. The fourth-order valence-electron chi connectivity index (χ4n) is 1.98. The number of rotatable bonds is 4. The molecule has 0 bridgehead atoms. The summed E-state index contributed by atoms with van der Waals surface area (Å²) in [5.41, 5.74) is 6.55. The predicted octanol–water partition coefficient (Wildman–Crippen LogP) is 1.03. The molecule has 15 heavy (non-hydrogen) atoms. The number of hydrogen-bond acceptors (Lipinski definition) is 4. The summed E-state index contributed by atoms with van der Waals surface area (Å²) in [7, 11) is 0. The van der Waals surface area contributed by atoms with E-state index in [4.69, 9.17) is 10.2 Å². The molecule has 1 aromatic heterocycles. The summed E-state index contributed by atoms with van der Waals surface area (Å²) in [6.45, 7) is 2.86. The summed E-state index contributed by atoms with van der Waals surface area (Å²) in [6.07, 6.45) is 6.06. The first-order chi connectivity index (χ1) is 7.40. The third-order valence-electron chi connectivity index (χ3n) is 2.88. The molecule has 1 aromatic rings. The van der Waals surface area contributed by atoms with Crippen LogP contribution in [-0.2, 0) is 6.42 Å². The largest absolute Gasteiger partial charge is 0.449 e. The molecule has 0 saturated carbocycles. The minimum Gasteiger partial charge on any atom is -0.449 e. The lowest BCUT2D eigenvalue weighted by Crippen LogP contribution is -2.28. The highest BCUT2D eigenvalue weighted by Gasteiger charge is 2.18. The van der Waals surface area contributed by atoms with Crippen LogP contribution in [-0.4, -0.2) is 24.6 Å². The fraction of sp³-hybridized carbons (Fsp3) is 0.727. The summed E-state index contributed by atoms with van der Waals surface area (Å²) in [6, 6.07) is 0. The van der Waals surface area contributed by atoms with Crippen LogP contribution in [0, 0.1) is 0 Å². The second-order valence-electron chi connectivity index (χ2n) is 4.10. The quantitative estimate of drug-likeness (QED) is 0.777. The van der Waals surface area contributed by atoms with Crippen LogP contribution in [0.2, 0.25) is 0 Å². The molecule has 2 rings (SSSR count). The first-order valence-corrected chi connectivity index (χ1v) is 5.75. The minimum atomic E-state index is 0.536. The highest BCUT2D eigenvalue weighted by molar-refractivity contribution is 5.06. The Kier molecular flexibility index (Phi) is 3.75. The van der Waals surface area contributed by atoms with Crippen LogP contribution in [0.5, 0.6) is 0 Å². The van der Waals surface area contributed by atoms with Crippen molar-refractivity contribution in [3.63, 3.8) is 0 Å². The normalized spacial score (nSPS) is 21.8. The second-order valence-corrected chi connectivity index (χ2v) is 4.10. The predicted molar refractivity (Wildman–Crippen MR) is 58.7 cm³/mol. The molecule has 1 aliphatic heterocycles. The number of nitrogens with zero attached hydrogens (tertiary/aromatic N) is 1. The molecule has 0 spiro atoms. The van der Waals surface area contributed by atoms with Gasteiger partial charge in [-0.15, -0.1) is 0 Å². The highest BCUT2D eigenvalue weighted by atomic mass is 16.3. The lowest BCUT2D eigenvalue weighted by molar-refractivity contribution is 0.452. The zero-order valence-electron chi connectivity index (χ0n) is 9.04. The molecule has 3 N–H and O–H groups in total.